The molecule has 3 rings (SSSR count). The summed E-state index contributed by atoms with van der Waals surface area (Å²) in [5.41, 5.74) is 0.826. The Bertz CT molecular complexity index is 601. The summed E-state index contributed by atoms with van der Waals surface area (Å²) in [5, 5.41) is 12.3. The van der Waals surface area contributed by atoms with Crippen molar-refractivity contribution in [3.05, 3.63) is 23.8 Å². The van der Waals surface area contributed by atoms with Crippen LogP contribution in [0.25, 0.3) is 0 Å². The number of benzene rings is 1. The minimum atomic E-state index is -0.819. The minimum absolute atomic E-state index is 0.151. The number of carbonyl (C=O) groups excluding carboxylic acids is 1. The van der Waals surface area contributed by atoms with Crippen molar-refractivity contribution < 1.29 is 24.2 Å². The maximum atomic E-state index is 12.3. The maximum absolute atomic E-state index is 12.3. The number of carbonyl (C=O) groups is 2. The Morgan fingerprint density at radius 2 is 1.91 bits per heavy atom. The van der Waals surface area contributed by atoms with Crippen molar-refractivity contribution in [1.29, 1.82) is 0 Å². The first-order chi connectivity index (χ1) is 11.1. The first-order valence-corrected chi connectivity index (χ1v) is 8.04. The van der Waals surface area contributed by atoms with Gasteiger partial charge >= 0.3 is 5.97 Å². The summed E-state index contributed by atoms with van der Waals surface area (Å²) in [6.07, 6.45) is 4.45. The molecule has 1 aromatic carbocycles. The Morgan fingerprint density at radius 1 is 1.13 bits per heavy atom. The van der Waals surface area contributed by atoms with E-state index in [1.165, 1.54) is 0 Å². The van der Waals surface area contributed by atoms with Gasteiger partial charge in [0.05, 0.1) is 12.3 Å². The second-order valence-electron chi connectivity index (χ2n) is 6.12. The third kappa shape index (κ3) is 3.75. The van der Waals surface area contributed by atoms with Gasteiger partial charge in [0, 0.05) is 6.04 Å². The first kappa shape index (κ1) is 15.6. The second-order valence-corrected chi connectivity index (χ2v) is 6.12. The Labute approximate surface area is 134 Å². The largest absolute Gasteiger partial charge is 0.481 e. The van der Waals surface area contributed by atoms with E-state index >= 15 is 0 Å². The van der Waals surface area contributed by atoms with Crippen molar-refractivity contribution in [2.75, 3.05) is 6.79 Å². The smallest absolute Gasteiger partial charge is 0.308 e. The Morgan fingerprint density at radius 3 is 2.74 bits per heavy atom. The maximum Gasteiger partial charge on any atom is 0.308 e. The van der Waals surface area contributed by atoms with Crippen LogP contribution in [0.4, 0.5) is 0 Å². The second kappa shape index (κ2) is 6.89. The number of hydrogen-bond acceptors (Lipinski definition) is 4. The van der Waals surface area contributed by atoms with Crippen molar-refractivity contribution in [2.24, 2.45) is 5.92 Å². The molecule has 0 saturated heterocycles. The molecule has 1 aliphatic carbocycles. The molecule has 1 aliphatic heterocycles. The number of nitrogens with one attached hydrogen (secondary N) is 1. The van der Waals surface area contributed by atoms with Crippen molar-refractivity contribution in [1.82, 2.24) is 5.32 Å². The van der Waals surface area contributed by atoms with Crippen LogP contribution in [0, 0.1) is 5.92 Å². The summed E-state index contributed by atoms with van der Waals surface area (Å²) < 4.78 is 10.6. The summed E-state index contributed by atoms with van der Waals surface area (Å²) in [6, 6.07) is 5.13. The van der Waals surface area contributed by atoms with Crippen molar-refractivity contribution in [3.63, 3.8) is 0 Å². The molecule has 2 aliphatic rings. The van der Waals surface area contributed by atoms with Gasteiger partial charge in [0.1, 0.15) is 0 Å². The van der Waals surface area contributed by atoms with Gasteiger partial charge in [0.2, 0.25) is 12.7 Å². The molecule has 0 aromatic heterocycles. The fourth-order valence-corrected chi connectivity index (χ4v) is 3.27. The fraction of sp³-hybridized carbons (Fsp3) is 0.529. The van der Waals surface area contributed by atoms with Crippen molar-refractivity contribution in [2.45, 2.75) is 44.6 Å². The molecule has 0 unspecified atom stereocenters. The molecule has 2 atom stereocenters. The van der Waals surface area contributed by atoms with E-state index in [1.54, 1.807) is 12.1 Å². The number of carboxylic acid groups (broad SMARTS) is 1. The average Bonchev–Trinajstić information content (AvgIpc) is 2.85. The SMILES string of the molecule is O=C(Cc1ccc2c(c1)OCO2)N[C@H]1CCCCC[C@H]1C(=O)O. The van der Waals surface area contributed by atoms with Crippen LogP contribution in [0.3, 0.4) is 0 Å². The van der Waals surface area contributed by atoms with Gasteiger partial charge in [-0.15, -0.1) is 0 Å². The topological polar surface area (TPSA) is 84.9 Å². The molecule has 0 spiro atoms. The van der Waals surface area contributed by atoms with Gasteiger partial charge in [-0.25, -0.2) is 0 Å². The monoisotopic (exact) mass is 319 g/mol. The molecule has 1 amide bonds. The first-order valence-electron chi connectivity index (χ1n) is 8.04. The predicted octanol–water partition coefficient (Wildman–Crippen LogP) is 2.11. The van der Waals surface area contributed by atoms with Crippen LogP contribution in [-0.4, -0.2) is 29.8 Å². The number of fused-ring (bicyclic) bond motifs is 1. The van der Waals surface area contributed by atoms with Gasteiger partial charge in [0.15, 0.2) is 11.5 Å². The van der Waals surface area contributed by atoms with E-state index in [2.05, 4.69) is 5.32 Å². The molecular weight excluding hydrogens is 298 g/mol. The van der Waals surface area contributed by atoms with Gasteiger partial charge in [0.25, 0.3) is 0 Å². The third-order valence-corrected chi connectivity index (χ3v) is 4.48. The van der Waals surface area contributed by atoms with E-state index in [4.69, 9.17) is 9.47 Å². The lowest BCUT2D eigenvalue weighted by molar-refractivity contribution is -0.143. The van der Waals surface area contributed by atoms with Crippen LogP contribution in [0.1, 0.15) is 37.7 Å². The highest BCUT2D eigenvalue weighted by Gasteiger charge is 2.30. The number of aliphatic carboxylic acids is 1. The van der Waals surface area contributed by atoms with E-state index in [9.17, 15) is 14.7 Å². The molecule has 1 aromatic rings. The highest BCUT2D eigenvalue weighted by Crippen LogP contribution is 2.32. The highest BCUT2D eigenvalue weighted by molar-refractivity contribution is 5.80. The Balaban J connectivity index is 1.62. The van der Waals surface area contributed by atoms with Gasteiger partial charge in [-0.1, -0.05) is 25.3 Å². The van der Waals surface area contributed by atoms with E-state index in [-0.39, 0.29) is 25.2 Å². The molecule has 0 radical (unpaired) electrons. The molecule has 0 bridgehead atoms. The number of rotatable bonds is 4. The Hall–Kier alpha value is -2.24. The van der Waals surface area contributed by atoms with Crippen LogP contribution in [0.15, 0.2) is 18.2 Å². The Kier molecular flexibility index (Phi) is 4.69. The molecule has 1 fully saturated rings. The number of carboxylic acids is 1. The number of amides is 1. The van der Waals surface area contributed by atoms with Gasteiger partial charge in [-0.2, -0.15) is 0 Å². The minimum Gasteiger partial charge on any atom is -0.481 e. The van der Waals surface area contributed by atoms with E-state index in [0.29, 0.717) is 17.9 Å². The number of hydrogen-bond donors (Lipinski definition) is 2. The zero-order chi connectivity index (χ0) is 16.2. The molecule has 1 heterocycles. The van der Waals surface area contributed by atoms with E-state index < -0.39 is 11.9 Å². The predicted molar refractivity (Wildman–Crippen MR) is 82.4 cm³/mol. The molecule has 2 N–H and O–H groups in total. The van der Waals surface area contributed by atoms with Crippen molar-refractivity contribution in [3.8, 4) is 11.5 Å². The van der Waals surface area contributed by atoms with Crippen LogP contribution < -0.4 is 14.8 Å². The quantitative estimate of drug-likeness (QED) is 0.830. The molecular formula is C17H21NO5. The summed E-state index contributed by atoms with van der Waals surface area (Å²) in [5.74, 6) is -0.127. The summed E-state index contributed by atoms with van der Waals surface area (Å²) >= 11 is 0. The summed E-state index contributed by atoms with van der Waals surface area (Å²) in [4.78, 5) is 23.7. The van der Waals surface area contributed by atoms with Crippen LogP contribution in [0.2, 0.25) is 0 Å². The van der Waals surface area contributed by atoms with Crippen LogP contribution >= 0.6 is 0 Å². The van der Waals surface area contributed by atoms with Gasteiger partial charge < -0.3 is 19.9 Å². The fourth-order valence-electron chi connectivity index (χ4n) is 3.27. The van der Waals surface area contributed by atoms with Crippen LogP contribution in [0.5, 0.6) is 11.5 Å². The van der Waals surface area contributed by atoms with Gasteiger partial charge in [-0.05, 0) is 30.5 Å². The molecule has 6 heteroatoms. The third-order valence-electron chi connectivity index (χ3n) is 4.48. The van der Waals surface area contributed by atoms with E-state index in [1.807, 2.05) is 6.07 Å². The molecule has 124 valence electrons. The van der Waals surface area contributed by atoms with Gasteiger partial charge in [-0.3, -0.25) is 9.59 Å². The molecule has 6 nitrogen and oxygen atoms in total. The van der Waals surface area contributed by atoms with Crippen molar-refractivity contribution >= 4 is 11.9 Å². The zero-order valence-electron chi connectivity index (χ0n) is 12.9. The normalized spacial score (nSPS) is 23.1. The van der Waals surface area contributed by atoms with E-state index in [0.717, 1.165) is 31.2 Å². The lowest BCUT2D eigenvalue weighted by Gasteiger charge is -2.22. The zero-order valence-corrected chi connectivity index (χ0v) is 12.9. The summed E-state index contributed by atoms with van der Waals surface area (Å²) in [7, 11) is 0. The molecule has 23 heavy (non-hydrogen) atoms. The summed E-state index contributed by atoms with van der Waals surface area (Å²) in [6.45, 7) is 0.202. The average molecular weight is 319 g/mol. The number of ether oxygens (including phenoxy) is 2. The standard InChI is InChI=1S/C17H21NO5/c19-16(9-11-6-7-14-15(8-11)23-10-22-14)18-13-5-3-1-2-4-12(13)17(20)21/h6-8,12-13H,1-5,9-10H2,(H,18,19)(H,20,21)/t12-,13+/m1/s1. The molecule has 1 saturated carbocycles. The lowest BCUT2D eigenvalue weighted by atomic mass is 9.94. The highest BCUT2D eigenvalue weighted by atomic mass is 16.7. The van der Waals surface area contributed by atoms with Crippen LogP contribution in [-0.2, 0) is 16.0 Å². The lowest BCUT2D eigenvalue weighted by Crippen LogP contribution is -2.43.